The van der Waals surface area contributed by atoms with Crippen molar-refractivity contribution >= 4 is 33.2 Å². The van der Waals surface area contributed by atoms with Crippen molar-refractivity contribution in [3.05, 3.63) is 35.7 Å². The summed E-state index contributed by atoms with van der Waals surface area (Å²) in [4.78, 5) is 33.0. The maximum atomic E-state index is 12.7. The SMILES string of the molecule is CCOc1nc(C)c(NS(=O)(=O)c2ccc(N3C(=O)CCC3=O)cc2)c(C)n1. The van der Waals surface area contributed by atoms with E-state index in [4.69, 9.17) is 4.74 Å². The fraction of sp³-hybridized carbons (Fsp3) is 0.333. The van der Waals surface area contributed by atoms with Crippen LogP contribution in [0.5, 0.6) is 6.01 Å². The fourth-order valence-electron chi connectivity index (χ4n) is 2.86. The summed E-state index contributed by atoms with van der Waals surface area (Å²) in [5, 5.41) is 0. The summed E-state index contributed by atoms with van der Waals surface area (Å²) >= 11 is 0. The number of anilines is 2. The normalized spacial score (nSPS) is 14.5. The Bertz CT molecular complexity index is 995. The zero-order valence-electron chi connectivity index (χ0n) is 15.7. The van der Waals surface area contributed by atoms with Crippen molar-refractivity contribution in [2.24, 2.45) is 0 Å². The lowest BCUT2D eigenvalue weighted by molar-refractivity contribution is -0.121. The Labute approximate surface area is 162 Å². The number of benzene rings is 1. The van der Waals surface area contributed by atoms with Crippen LogP contribution in [-0.4, -0.2) is 36.8 Å². The molecule has 148 valence electrons. The lowest BCUT2D eigenvalue weighted by atomic mass is 10.3. The lowest BCUT2D eigenvalue weighted by Crippen LogP contribution is -2.28. The van der Waals surface area contributed by atoms with Crippen molar-refractivity contribution < 1.29 is 22.7 Å². The number of ether oxygens (including phenoxy) is 1. The Balaban J connectivity index is 1.86. The number of aryl methyl sites for hydroxylation is 2. The smallest absolute Gasteiger partial charge is 0.316 e. The molecular weight excluding hydrogens is 384 g/mol. The number of sulfonamides is 1. The van der Waals surface area contributed by atoms with Gasteiger partial charge in [-0.05, 0) is 45.0 Å². The van der Waals surface area contributed by atoms with E-state index < -0.39 is 10.0 Å². The van der Waals surface area contributed by atoms with Crippen molar-refractivity contribution in [2.45, 2.75) is 38.5 Å². The quantitative estimate of drug-likeness (QED) is 0.731. The molecule has 0 saturated carbocycles. The van der Waals surface area contributed by atoms with E-state index in [1.54, 1.807) is 20.8 Å². The van der Waals surface area contributed by atoms with Crippen LogP contribution in [0.2, 0.25) is 0 Å². The molecule has 2 amide bonds. The Morgan fingerprint density at radius 1 is 1.04 bits per heavy atom. The molecule has 1 fully saturated rings. The van der Waals surface area contributed by atoms with Gasteiger partial charge in [0.1, 0.15) is 0 Å². The third kappa shape index (κ3) is 3.81. The molecule has 2 heterocycles. The molecule has 9 nitrogen and oxygen atoms in total. The van der Waals surface area contributed by atoms with E-state index in [9.17, 15) is 18.0 Å². The first-order chi connectivity index (χ1) is 13.2. The van der Waals surface area contributed by atoms with Crippen molar-refractivity contribution in [3.63, 3.8) is 0 Å². The standard InChI is InChI=1S/C18H20N4O5S/c1-4-27-18-19-11(2)17(12(3)20-18)21-28(25,26)14-7-5-13(6-8-14)22-15(23)9-10-16(22)24/h5-8,21H,4,9-10H2,1-3H3. The molecule has 3 rings (SSSR count). The number of carbonyl (C=O) groups excluding carboxylic acids is 2. The van der Waals surface area contributed by atoms with Gasteiger partial charge in [0.05, 0.1) is 34.3 Å². The molecule has 1 aliphatic heterocycles. The number of hydrogen-bond donors (Lipinski definition) is 1. The molecule has 1 aromatic heterocycles. The number of aromatic nitrogens is 2. The summed E-state index contributed by atoms with van der Waals surface area (Å²) in [5.41, 5.74) is 1.49. The maximum Gasteiger partial charge on any atom is 0.316 e. The summed E-state index contributed by atoms with van der Waals surface area (Å²) < 4.78 is 33.2. The highest BCUT2D eigenvalue weighted by molar-refractivity contribution is 7.92. The van der Waals surface area contributed by atoms with Gasteiger partial charge in [-0.25, -0.2) is 8.42 Å². The average Bonchev–Trinajstić information content (AvgIpc) is 2.97. The van der Waals surface area contributed by atoms with E-state index in [0.717, 1.165) is 4.90 Å². The molecule has 1 N–H and O–H groups in total. The molecular formula is C18H20N4O5S. The largest absolute Gasteiger partial charge is 0.464 e. The summed E-state index contributed by atoms with van der Waals surface area (Å²) in [6.45, 7) is 5.52. The molecule has 2 aromatic rings. The summed E-state index contributed by atoms with van der Waals surface area (Å²) in [6, 6.07) is 5.74. The number of imide groups is 1. The highest BCUT2D eigenvalue weighted by atomic mass is 32.2. The third-order valence-corrected chi connectivity index (χ3v) is 5.58. The van der Waals surface area contributed by atoms with Gasteiger partial charge in [0.15, 0.2) is 0 Å². The van der Waals surface area contributed by atoms with Crippen LogP contribution in [0.4, 0.5) is 11.4 Å². The Morgan fingerprint density at radius 3 is 2.07 bits per heavy atom. The number of rotatable bonds is 6. The van der Waals surface area contributed by atoms with E-state index in [-0.39, 0.29) is 41.2 Å². The van der Waals surface area contributed by atoms with Crippen LogP contribution in [0.3, 0.4) is 0 Å². The first kappa shape index (κ1) is 19.7. The molecule has 1 aromatic carbocycles. The minimum absolute atomic E-state index is 0.0111. The molecule has 1 saturated heterocycles. The van der Waals surface area contributed by atoms with Crippen molar-refractivity contribution in [3.8, 4) is 6.01 Å². The number of amides is 2. The number of hydrogen-bond acceptors (Lipinski definition) is 7. The summed E-state index contributed by atoms with van der Waals surface area (Å²) in [6.07, 6.45) is 0.327. The monoisotopic (exact) mass is 404 g/mol. The zero-order chi connectivity index (χ0) is 20.5. The Morgan fingerprint density at radius 2 is 1.57 bits per heavy atom. The van der Waals surface area contributed by atoms with Crippen LogP contribution in [0.15, 0.2) is 29.2 Å². The van der Waals surface area contributed by atoms with Crippen LogP contribution in [-0.2, 0) is 19.6 Å². The van der Waals surface area contributed by atoms with Gasteiger partial charge in [-0.15, -0.1) is 0 Å². The first-order valence-electron chi connectivity index (χ1n) is 8.69. The van der Waals surface area contributed by atoms with E-state index in [1.807, 2.05) is 0 Å². The zero-order valence-corrected chi connectivity index (χ0v) is 16.5. The van der Waals surface area contributed by atoms with Crippen molar-refractivity contribution in [2.75, 3.05) is 16.2 Å². The van der Waals surface area contributed by atoms with Gasteiger partial charge in [0.2, 0.25) is 11.8 Å². The maximum absolute atomic E-state index is 12.7. The molecule has 0 atom stereocenters. The van der Waals surface area contributed by atoms with Crippen LogP contribution in [0.25, 0.3) is 0 Å². The minimum Gasteiger partial charge on any atom is -0.464 e. The second-order valence-corrected chi connectivity index (χ2v) is 7.89. The van der Waals surface area contributed by atoms with Crippen LogP contribution in [0, 0.1) is 13.8 Å². The number of carbonyl (C=O) groups is 2. The van der Waals surface area contributed by atoms with Crippen molar-refractivity contribution in [1.29, 1.82) is 0 Å². The van der Waals surface area contributed by atoms with Gasteiger partial charge in [0, 0.05) is 12.8 Å². The van der Waals surface area contributed by atoms with E-state index >= 15 is 0 Å². The van der Waals surface area contributed by atoms with E-state index in [1.165, 1.54) is 24.3 Å². The third-order valence-electron chi connectivity index (χ3n) is 4.22. The predicted molar refractivity (Wildman–Crippen MR) is 102 cm³/mol. The first-order valence-corrected chi connectivity index (χ1v) is 10.2. The van der Waals surface area contributed by atoms with Crippen LogP contribution >= 0.6 is 0 Å². The highest BCUT2D eigenvalue weighted by Crippen LogP contribution is 2.26. The van der Waals surface area contributed by atoms with Gasteiger partial charge < -0.3 is 4.74 Å². The molecule has 0 spiro atoms. The average molecular weight is 404 g/mol. The minimum atomic E-state index is -3.91. The van der Waals surface area contributed by atoms with Gasteiger partial charge in [0.25, 0.3) is 10.0 Å². The Kier molecular flexibility index (Phi) is 5.32. The topological polar surface area (TPSA) is 119 Å². The fourth-order valence-corrected chi connectivity index (χ4v) is 4.04. The molecule has 0 unspecified atom stereocenters. The summed E-state index contributed by atoms with van der Waals surface area (Å²) in [5.74, 6) is -0.590. The van der Waals surface area contributed by atoms with Crippen LogP contribution in [0.1, 0.15) is 31.2 Å². The molecule has 0 radical (unpaired) electrons. The lowest BCUT2D eigenvalue weighted by Gasteiger charge is -2.16. The van der Waals surface area contributed by atoms with Crippen LogP contribution < -0.4 is 14.4 Å². The molecule has 28 heavy (non-hydrogen) atoms. The van der Waals surface area contributed by atoms with Crippen molar-refractivity contribution in [1.82, 2.24) is 9.97 Å². The van der Waals surface area contributed by atoms with E-state index in [0.29, 0.717) is 23.7 Å². The van der Waals surface area contributed by atoms with Gasteiger partial charge in [-0.1, -0.05) is 0 Å². The van der Waals surface area contributed by atoms with E-state index in [2.05, 4.69) is 14.7 Å². The number of nitrogens with one attached hydrogen (secondary N) is 1. The molecule has 0 aliphatic carbocycles. The second kappa shape index (κ2) is 7.55. The second-order valence-electron chi connectivity index (χ2n) is 6.21. The van der Waals surface area contributed by atoms with Gasteiger partial charge in [-0.3, -0.25) is 19.2 Å². The van der Waals surface area contributed by atoms with Gasteiger partial charge >= 0.3 is 6.01 Å². The highest BCUT2D eigenvalue weighted by Gasteiger charge is 2.30. The van der Waals surface area contributed by atoms with Gasteiger partial charge in [-0.2, -0.15) is 9.97 Å². The summed E-state index contributed by atoms with van der Waals surface area (Å²) in [7, 11) is -3.91. The molecule has 1 aliphatic rings. The number of nitrogens with zero attached hydrogens (tertiary/aromatic N) is 3. The molecule has 10 heteroatoms. The predicted octanol–water partition coefficient (Wildman–Crippen LogP) is 1.95. The molecule has 0 bridgehead atoms. The Hall–Kier alpha value is -3.01.